The Bertz CT molecular complexity index is 1340. The van der Waals surface area contributed by atoms with Gasteiger partial charge in [-0.15, -0.1) is 0 Å². The number of nitrogens with zero attached hydrogens (tertiary/aromatic N) is 3. The fourth-order valence-corrected chi connectivity index (χ4v) is 4.96. The van der Waals surface area contributed by atoms with Gasteiger partial charge in [0.15, 0.2) is 5.13 Å². The number of anilines is 1. The molecule has 4 rings (SSSR count). The molecule has 0 aliphatic carbocycles. The molecule has 3 heterocycles. The quantitative estimate of drug-likeness (QED) is 0.247. The molecule has 9 heteroatoms. The number of ether oxygens (including phenoxy) is 1. The maximum atomic E-state index is 13.3. The number of carbonyl (C=O) groups excluding carboxylic acids is 3. The molecule has 1 unspecified atom stereocenters. The summed E-state index contributed by atoms with van der Waals surface area (Å²) >= 11 is 0.964. The summed E-state index contributed by atoms with van der Waals surface area (Å²) in [6.45, 7) is 7.89. The highest BCUT2D eigenvalue weighted by molar-refractivity contribution is 7.17. The van der Waals surface area contributed by atoms with Gasteiger partial charge in [-0.25, -0.2) is 9.78 Å². The van der Waals surface area contributed by atoms with Crippen LogP contribution in [0.5, 0.6) is 0 Å². The zero-order valence-corrected chi connectivity index (χ0v) is 20.8. The van der Waals surface area contributed by atoms with Gasteiger partial charge in [0.2, 0.25) is 0 Å². The standard InChI is InChI=1S/C26H25N3O5S/c1-14-22(24(33)34-5)35-25(28-14)29-19(15-6-8-17(9-7-15)26(2,3)4)18(21(31)23(29)32)20(30)16-10-12-27-13-11-16/h6-13,19,30H,1-5H3/b20-18+. The molecule has 8 nitrogen and oxygen atoms in total. The molecule has 1 saturated heterocycles. The van der Waals surface area contributed by atoms with Gasteiger partial charge in [0.05, 0.1) is 24.4 Å². The Labute approximate surface area is 206 Å². The molecule has 0 saturated carbocycles. The topological polar surface area (TPSA) is 110 Å². The van der Waals surface area contributed by atoms with Crippen molar-refractivity contribution >= 4 is 39.9 Å². The summed E-state index contributed by atoms with van der Waals surface area (Å²) in [5.74, 6) is -2.56. The van der Waals surface area contributed by atoms with Crippen molar-refractivity contribution in [1.29, 1.82) is 0 Å². The number of thiazole rings is 1. The number of pyridine rings is 1. The number of aromatic nitrogens is 2. The molecule has 180 valence electrons. The second-order valence-corrected chi connectivity index (χ2v) is 10.2. The van der Waals surface area contributed by atoms with E-state index in [0.717, 1.165) is 16.9 Å². The van der Waals surface area contributed by atoms with Crippen molar-refractivity contribution in [1.82, 2.24) is 9.97 Å². The first-order valence-corrected chi connectivity index (χ1v) is 11.7. The average molecular weight is 492 g/mol. The monoisotopic (exact) mass is 491 g/mol. The van der Waals surface area contributed by atoms with E-state index in [-0.39, 0.29) is 26.8 Å². The van der Waals surface area contributed by atoms with Crippen LogP contribution >= 0.6 is 11.3 Å². The van der Waals surface area contributed by atoms with E-state index in [2.05, 4.69) is 30.7 Å². The first-order valence-electron chi connectivity index (χ1n) is 10.9. The van der Waals surface area contributed by atoms with E-state index in [1.165, 1.54) is 24.4 Å². The first-order chi connectivity index (χ1) is 16.5. The Morgan fingerprint density at radius 1 is 1.09 bits per heavy atom. The van der Waals surface area contributed by atoms with Crippen LogP contribution in [-0.4, -0.2) is 39.8 Å². The molecule has 35 heavy (non-hydrogen) atoms. The number of aliphatic hydroxyl groups excluding tert-OH is 1. The van der Waals surface area contributed by atoms with Gasteiger partial charge in [0, 0.05) is 18.0 Å². The van der Waals surface area contributed by atoms with Gasteiger partial charge in [-0.05, 0) is 35.6 Å². The fraction of sp³-hybridized carbons (Fsp3) is 0.269. The van der Waals surface area contributed by atoms with Crippen LogP contribution < -0.4 is 4.90 Å². The molecule has 1 aliphatic rings. The lowest BCUT2D eigenvalue weighted by molar-refractivity contribution is -0.132. The maximum Gasteiger partial charge on any atom is 0.350 e. The van der Waals surface area contributed by atoms with Crippen LogP contribution in [0.4, 0.5) is 5.13 Å². The lowest BCUT2D eigenvalue weighted by atomic mass is 9.85. The van der Waals surface area contributed by atoms with Gasteiger partial charge >= 0.3 is 11.9 Å². The predicted octanol–water partition coefficient (Wildman–Crippen LogP) is 4.56. The highest BCUT2D eigenvalue weighted by atomic mass is 32.1. The summed E-state index contributed by atoms with van der Waals surface area (Å²) in [5, 5.41) is 11.3. The van der Waals surface area contributed by atoms with Crippen LogP contribution in [0.2, 0.25) is 0 Å². The van der Waals surface area contributed by atoms with Crippen molar-refractivity contribution in [2.24, 2.45) is 0 Å². The molecule has 3 aromatic rings. The highest BCUT2D eigenvalue weighted by Crippen LogP contribution is 2.44. The number of hydrogen-bond donors (Lipinski definition) is 1. The van der Waals surface area contributed by atoms with Gasteiger partial charge in [-0.1, -0.05) is 56.4 Å². The van der Waals surface area contributed by atoms with E-state index >= 15 is 0 Å². The summed E-state index contributed by atoms with van der Waals surface area (Å²) in [4.78, 5) is 48.5. The van der Waals surface area contributed by atoms with Crippen molar-refractivity contribution in [2.75, 3.05) is 12.0 Å². The summed E-state index contributed by atoms with van der Waals surface area (Å²) in [6, 6.07) is 9.74. The second kappa shape index (κ2) is 9.07. The second-order valence-electron chi connectivity index (χ2n) is 9.18. The van der Waals surface area contributed by atoms with Gasteiger partial charge in [0.25, 0.3) is 5.78 Å². The molecule has 1 N–H and O–H groups in total. The fourth-order valence-electron chi connectivity index (χ4n) is 3.94. The lowest BCUT2D eigenvalue weighted by Gasteiger charge is -2.24. The molecule has 1 aliphatic heterocycles. The SMILES string of the molecule is COC(=O)c1sc(N2C(=O)C(=O)/C(=C(/O)c3ccncc3)C2c2ccc(C(C)(C)C)cc2)nc1C. The number of methoxy groups -OCH3 is 1. The highest BCUT2D eigenvalue weighted by Gasteiger charge is 2.48. The third kappa shape index (κ3) is 4.35. The first kappa shape index (κ1) is 24.3. The minimum absolute atomic E-state index is 0.0582. The number of amides is 1. The minimum Gasteiger partial charge on any atom is -0.507 e. The van der Waals surface area contributed by atoms with E-state index < -0.39 is 23.7 Å². The normalized spacial score (nSPS) is 17.6. The Morgan fingerprint density at radius 3 is 2.29 bits per heavy atom. The Kier molecular flexibility index (Phi) is 6.29. The minimum atomic E-state index is -0.937. The lowest BCUT2D eigenvalue weighted by Crippen LogP contribution is -2.29. The van der Waals surface area contributed by atoms with Crippen LogP contribution in [0.25, 0.3) is 5.76 Å². The smallest absolute Gasteiger partial charge is 0.350 e. The number of esters is 1. The van der Waals surface area contributed by atoms with Crippen LogP contribution in [0, 0.1) is 6.92 Å². The number of benzene rings is 1. The molecule has 1 fully saturated rings. The summed E-state index contributed by atoms with van der Waals surface area (Å²) in [6.07, 6.45) is 2.98. The van der Waals surface area contributed by atoms with Crippen molar-refractivity contribution in [3.05, 3.63) is 81.6 Å². The van der Waals surface area contributed by atoms with Crippen molar-refractivity contribution in [3.63, 3.8) is 0 Å². The third-order valence-corrected chi connectivity index (χ3v) is 6.99. The van der Waals surface area contributed by atoms with E-state index in [4.69, 9.17) is 4.74 Å². The summed E-state index contributed by atoms with van der Waals surface area (Å²) in [5.41, 5.74) is 2.29. The molecular weight excluding hydrogens is 466 g/mol. The summed E-state index contributed by atoms with van der Waals surface area (Å²) in [7, 11) is 1.26. The van der Waals surface area contributed by atoms with Crippen LogP contribution in [0.3, 0.4) is 0 Å². The van der Waals surface area contributed by atoms with Crippen LogP contribution in [0.1, 0.15) is 58.9 Å². The number of aryl methyl sites for hydroxylation is 1. The summed E-state index contributed by atoms with van der Waals surface area (Å²) < 4.78 is 4.82. The number of ketones is 1. The number of Topliss-reactive ketones (excluding diaryl/α,β-unsaturated/α-hetero) is 1. The Balaban J connectivity index is 1.93. The van der Waals surface area contributed by atoms with Gasteiger partial charge in [0.1, 0.15) is 10.6 Å². The zero-order chi connectivity index (χ0) is 25.5. The largest absolute Gasteiger partial charge is 0.507 e. The number of hydrogen-bond acceptors (Lipinski definition) is 8. The Hall–Kier alpha value is -3.85. The zero-order valence-electron chi connectivity index (χ0n) is 20.0. The van der Waals surface area contributed by atoms with Crippen molar-refractivity contribution in [2.45, 2.75) is 39.2 Å². The third-order valence-electron chi connectivity index (χ3n) is 5.85. The molecule has 1 aromatic carbocycles. The predicted molar refractivity (Wildman–Crippen MR) is 132 cm³/mol. The van der Waals surface area contributed by atoms with Gasteiger partial charge in [-0.3, -0.25) is 19.5 Å². The van der Waals surface area contributed by atoms with Crippen LogP contribution in [-0.2, 0) is 19.7 Å². The molecule has 0 spiro atoms. The average Bonchev–Trinajstić information content (AvgIpc) is 3.35. The number of carbonyl (C=O) groups is 3. The van der Waals surface area contributed by atoms with Crippen molar-refractivity contribution in [3.8, 4) is 0 Å². The number of rotatable bonds is 4. The van der Waals surface area contributed by atoms with Gasteiger partial charge in [-0.2, -0.15) is 0 Å². The molecular formula is C26H25N3O5S. The van der Waals surface area contributed by atoms with Gasteiger partial charge < -0.3 is 9.84 Å². The van der Waals surface area contributed by atoms with E-state index in [0.29, 0.717) is 16.8 Å². The van der Waals surface area contributed by atoms with E-state index in [9.17, 15) is 19.5 Å². The molecule has 0 radical (unpaired) electrons. The Morgan fingerprint density at radius 2 is 1.71 bits per heavy atom. The van der Waals surface area contributed by atoms with E-state index in [1.54, 1.807) is 19.1 Å². The molecule has 0 bridgehead atoms. The maximum absolute atomic E-state index is 13.3. The molecule has 1 atom stereocenters. The molecule has 2 aromatic heterocycles. The molecule has 1 amide bonds. The van der Waals surface area contributed by atoms with E-state index in [1.807, 2.05) is 24.3 Å². The van der Waals surface area contributed by atoms with Crippen molar-refractivity contribution < 1.29 is 24.2 Å². The number of aliphatic hydroxyl groups is 1. The van der Waals surface area contributed by atoms with Crippen LogP contribution in [0.15, 0.2) is 54.4 Å².